The standard InChI is InChI=1S/C19H27N3O3/c1-15-7-8-22(14-15)19(24)20-13-17(16-5-3-2-4-6-16)18(23)21-9-11-25-12-10-21/h2-6,15,17H,7-14H2,1H3,(H,20,24). The molecule has 6 heteroatoms. The summed E-state index contributed by atoms with van der Waals surface area (Å²) in [7, 11) is 0. The molecule has 1 aromatic carbocycles. The molecule has 0 aromatic heterocycles. The van der Waals surface area contributed by atoms with Crippen LogP contribution in [-0.2, 0) is 9.53 Å². The number of benzene rings is 1. The van der Waals surface area contributed by atoms with E-state index in [0.717, 1.165) is 25.1 Å². The predicted molar refractivity (Wildman–Crippen MR) is 95.3 cm³/mol. The minimum Gasteiger partial charge on any atom is -0.378 e. The second-order valence-electron chi connectivity index (χ2n) is 6.93. The van der Waals surface area contributed by atoms with Gasteiger partial charge in [-0.25, -0.2) is 4.79 Å². The maximum Gasteiger partial charge on any atom is 0.317 e. The van der Waals surface area contributed by atoms with Gasteiger partial charge in [0, 0.05) is 32.7 Å². The van der Waals surface area contributed by atoms with Crippen LogP contribution in [-0.4, -0.2) is 67.7 Å². The SMILES string of the molecule is CC1CCN(C(=O)NCC(C(=O)N2CCOCC2)c2ccccc2)C1. The zero-order valence-electron chi connectivity index (χ0n) is 14.8. The molecule has 0 spiro atoms. The van der Waals surface area contributed by atoms with E-state index < -0.39 is 0 Å². The third-order valence-corrected chi connectivity index (χ3v) is 4.99. The van der Waals surface area contributed by atoms with E-state index in [1.54, 1.807) is 0 Å². The molecule has 2 fully saturated rings. The average Bonchev–Trinajstić information content (AvgIpc) is 3.10. The molecule has 2 saturated heterocycles. The summed E-state index contributed by atoms with van der Waals surface area (Å²) in [5.74, 6) is 0.249. The summed E-state index contributed by atoms with van der Waals surface area (Å²) in [4.78, 5) is 29.1. The molecule has 136 valence electrons. The van der Waals surface area contributed by atoms with Crippen molar-refractivity contribution < 1.29 is 14.3 Å². The van der Waals surface area contributed by atoms with Gasteiger partial charge in [0.2, 0.25) is 5.91 Å². The highest BCUT2D eigenvalue weighted by Gasteiger charge is 2.29. The highest BCUT2D eigenvalue weighted by Crippen LogP contribution is 2.20. The van der Waals surface area contributed by atoms with Crippen molar-refractivity contribution in [2.45, 2.75) is 19.3 Å². The molecule has 0 bridgehead atoms. The van der Waals surface area contributed by atoms with Gasteiger partial charge in [-0.3, -0.25) is 4.79 Å². The lowest BCUT2D eigenvalue weighted by atomic mass is 9.97. The molecule has 6 nitrogen and oxygen atoms in total. The van der Waals surface area contributed by atoms with Gasteiger partial charge in [0.25, 0.3) is 0 Å². The van der Waals surface area contributed by atoms with Crippen molar-refractivity contribution in [1.82, 2.24) is 15.1 Å². The normalized spacial score (nSPS) is 21.9. The summed E-state index contributed by atoms with van der Waals surface area (Å²) in [6.07, 6.45) is 1.04. The van der Waals surface area contributed by atoms with E-state index >= 15 is 0 Å². The molecular formula is C19H27N3O3. The van der Waals surface area contributed by atoms with Crippen LogP contribution >= 0.6 is 0 Å². The summed E-state index contributed by atoms with van der Waals surface area (Å²) in [6.45, 7) is 6.43. The zero-order chi connectivity index (χ0) is 17.6. The number of ether oxygens (including phenoxy) is 1. The van der Waals surface area contributed by atoms with E-state index in [2.05, 4.69) is 12.2 Å². The number of likely N-dealkylation sites (tertiary alicyclic amines) is 1. The van der Waals surface area contributed by atoms with Crippen molar-refractivity contribution in [1.29, 1.82) is 0 Å². The highest BCUT2D eigenvalue weighted by molar-refractivity contribution is 5.85. The van der Waals surface area contributed by atoms with Gasteiger partial charge in [0.15, 0.2) is 0 Å². The number of morpholine rings is 1. The van der Waals surface area contributed by atoms with Crippen LogP contribution in [0.2, 0.25) is 0 Å². The van der Waals surface area contributed by atoms with Gasteiger partial charge in [-0.2, -0.15) is 0 Å². The fraction of sp³-hybridized carbons (Fsp3) is 0.579. The molecule has 2 heterocycles. The van der Waals surface area contributed by atoms with E-state index in [1.807, 2.05) is 40.1 Å². The van der Waals surface area contributed by atoms with Crippen molar-refractivity contribution in [3.8, 4) is 0 Å². The molecule has 1 N–H and O–H groups in total. The zero-order valence-corrected chi connectivity index (χ0v) is 14.8. The van der Waals surface area contributed by atoms with Crippen LogP contribution in [0.5, 0.6) is 0 Å². The van der Waals surface area contributed by atoms with Crippen LogP contribution in [0.3, 0.4) is 0 Å². The van der Waals surface area contributed by atoms with E-state index in [-0.39, 0.29) is 17.9 Å². The quantitative estimate of drug-likeness (QED) is 0.903. The Kier molecular flexibility index (Phi) is 5.91. The van der Waals surface area contributed by atoms with E-state index in [0.29, 0.717) is 38.8 Å². The fourth-order valence-corrected chi connectivity index (χ4v) is 3.46. The Morgan fingerprint density at radius 2 is 1.88 bits per heavy atom. The molecule has 25 heavy (non-hydrogen) atoms. The van der Waals surface area contributed by atoms with Gasteiger partial charge in [0.05, 0.1) is 19.1 Å². The topological polar surface area (TPSA) is 61.9 Å². The summed E-state index contributed by atoms with van der Waals surface area (Å²) in [5, 5.41) is 2.97. The molecule has 2 aliphatic heterocycles. The minimum absolute atomic E-state index is 0.0598. The number of hydrogen-bond acceptors (Lipinski definition) is 3. The van der Waals surface area contributed by atoms with Gasteiger partial charge in [-0.05, 0) is 17.9 Å². The number of hydrogen-bond donors (Lipinski definition) is 1. The molecule has 2 atom stereocenters. The summed E-state index contributed by atoms with van der Waals surface area (Å²) in [5.41, 5.74) is 0.939. The van der Waals surface area contributed by atoms with Gasteiger partial charge >= 0.3 is 6.03 Å². The van der Waals surface area contributed by atoms with Gasteiger partial charge in [0.1, 0.15) is 0 Å². The maximum absolute atomic E-state index is 13.0. The van der Waals surface area contributed by atoms with Crippen molar-refractivity contribution in [2.75, 3.05) is 45.9 Å². The Hall–Kier alpha value is -2.08. The van der Waals surface area contributed by atoms with E-state index in [4.69, 9.17) is 4.74 Å². The lowest BCUT2D eigenvalue weighted by Gasteiger charge is -2.31. The smallest absolute Gasteiger partial charge is 0.317 e. The van der Waals surface area contributed by atoms with Crippen LogP contribution in [0.4, 0.5) is 4.79 Å². The lowest BCUT2D eigenvalue weighted by molar-refractivity contribution is -0.136. The Labute approximate surface area is 149 Å². The first-order valence-electron chi connectivity index (χ1n) is 9.09. The van der Waals surface area contributed by atoms with Gasteiger partial charge in [-0.1, -0.05) is 37.3 Å². The monoisotopic (exact) mass is 345 g/mol. The number of nitrogens with one attached hydrogen (secondary N) is 1. The van der Waals surface area contributed by atoms with E-state index in [1.165, 1.54) is 0 Å². The molecule has 2 unspecified atom stereocenters. The van der Waals surface area contributed by atoms with Crippen molar-refractivity contribution >= 4 is 11.9 Å². The van der Waals surface area contributed by atoms with E-state index in [9.17, 15) is 9.59 Å². The lowest BCUT2D eigenvalue weighted by Crippen LogP contribution is -2.47. The minimum atomic E-state index is -0.358. The molecule has 0 radical (unpaired) electrons. The first kappa shape index (κ1) is 17.7. The second-order valence-corrected chi connectivity index (χ2v) is 6.93. The van der Waals surface area contributed by atoms with Crippen molar-refractivity contribution in [3.05, 3.63) is 35.9 Å². The average molecular weight is 345 g/mol. The van der Waals surface area contributed by atoms with Gasteiger partial charge in [-0.15, -0.1) is 0 Å². The van der Waals surface area contributed by atoms with Gasteiger partial charge < -0.3 is 19.9 Å². The molecule has 3 rings (SSSR count). The first-order chi connectivity index (χ1) is 12.1. The summed E-state index contributed by atoms with van der Waals surface area (Å²) in [6, 6.07) is 9.63. The number of carbonyl (C=O) groups is 2. The third kappa shape index (κ3) is 4.51. The Bertz CT molecular complexity index is 587. The number of amides is 3. The summed E-state index contributed by atoms with van der Waals surface area (Å²) >= 11 is 0. The van der Waals surface area contributed by atoms with Crippen molar-refractivity contribution in [2.24, 2.45) is 5.92 Å². The number of rotatable bonds is 4. The number of urea groups is 1. The molecule has 1 aromatic rings. The second kappa shape index (κ2) is 8.34. The highest BCUT2D eigenvalue weighted by atomic mass is 16.5. The summed E-state index contributed by atoms with van der Waals surface area (Å²) < 4.78 is 5.34. The Balaban J connectivity index is 1.66. The van der Waals surface area contributed by atoms with Crippen LogP contribution in [0.25, 0.3) is 0 Å². The molecular weight excluding hydrogens is 318 g/mol. The molecule has 3 amide bonds. The Morgan fingerprint density at radius 3 is 2.52 bits per heavy atom. The number of nitrogens with zero attached hydrogens (tertiary/aromatic N) is 2. The van der Waals surface area contributed by atoms with Crippen LogP contribution < -0.4 is 5.32 Å². The maximum atomic E-state index is 13.0. The Morgan fingerprint density at radius 1 is 1.16 bits per heavy atom. The number of carbonyl (C=O) groups excluding carboxylic acids is 2. The first-order valence-corrected chi connectivity index (χ1v) is 9.09. The fourth-order valence-electron chi connectivity index (χ4n) is 3.46. The largest absolute Gasteiger partial charge is 0.378 e. The van der Waals surface area contributed by atoms with Crippen LogP contribution in [0.1, 0.15) is 24.8 Å². The van der Waals surface area contributed by atoms with Crippen LogP contribution in [0.15, 0.2) is 30.3 Å². The molecule has 0 aliphatic carbocycles. The van der Waals surface area contributed by atoms with Crippen LogP contribution in [0, 0.1) is 5.92 Å². The molecule has 2 aliphatic rings. The third-order valence-electron chi connectivity index (χ3n) is 4.99. The molecule has 0 saturated carbocycles. The van der Waals surface area contributed by atoms with Crippen molar-refractivity contribution in [3.63, 3.8) is 0 Å². The predicted octanol–water partition coefficient (Wildman–Crippen LogP) is 1.68.